The first-order valence-corrected chi connectivity index (χ1v) is 12.5. The van der Waals surface area contributed by atoms with Crippen molar-refractivity contribution >= 4 is 21.9 Å². The van der Waals surface area contributed by atoms with Gasteiger partial charge in [0.1, 0.15) is 28.9 Å². The Bertz CT molecular complexity index is 1750. The van der Waals surface area contributed by atoms with E-state index in [-0.39, 0.29) is 11.9 Å². The average molecular weight is 507 g/mol. The van der Waals surface area contributed by atoms with E-state index in [0.717, 1.165) is 64.9 Å². The molecule has 188 valence electrons. The molecule has 10 heteroatoms. The summed E-state index contributed by atoms with van der Waals surface area (Å²) in [6, 6.07) is 12.0. The highest BCUT2D eigenvalue weighted by molar-refractivity contribution is 5.96. The molecule has 9 nitrogen and oxygen atoms in total. The average Bonchev–Trinajstić information content (AvgIpc) is 3.58. The van der Waals surface area contributed by atoms with Crippen molar-refractivity contribution in [2.24, 2.45) is 0 Å². The molecular formula is C28H23FN8O. The predicted octanol–water partition coefficient (Wildman–Crippen LogP) is 4.90. The van der Waals surface area contributed by atoms with Gasteiger partial charge in [-0.15, -0.1) is 0 Å². The molecule has 3 N–H and O–H groups in total. The number of nitrogens with zero attached hydrogens (tertiary/aromatic N) is 5. The number of rotatable bonds is 5. The van der Waals surface area contributed by atoms with Crippen molar-refractivity contribution in [2.45, 2.75) is 18.9 Å². The van der Waals surface area contributed by atoms with Gasteiger partial charge in [0, 0.05) is 28.9 Å². The SMILES string of the molecule is Fc1ccc(-c2nccc3[nH]c(-c4n[nH]c5cnc(-c6cncc(OC7CCNCC7)c6)cc45)nc23)cc1. The number of halogens is 1. The Morgan fingerprint density at radius 1 is 0.868 bits per heavy atom. The fourth-order valence-electron chi connectivity index (χ4n) is 4.85. The largest absolute Gasteiger partial charge is 0.489 e. The maximum absolute atomic E-state index is 13.5. The van der Waals surface area contributed by atoms with Crippen LogP contribution in [-0.2, 0) is 0 Å². The minimum Gasteiger partial charge on any atom is -0.489 e. The molecule has 1 fully saturated rings. The van der Waals surface area contributed by atoms with Crippen molar-refractivity contribution in [3.8, 4) is 39.8 Å². The number of imidazole rings is 1. The summed E-state index contributed by atoms with van der Waals surface area (Å²) < 4.78 is 19.6. The maximum atomic E-state index is 13.5. The van der Waals surface area contributed by atoms with Crippen LogP contribution in [0.15, 0.2) is 67.3 Å². The summed E-state index contributed by atoms with van der Waals surface area (Å²) in [7, 11) is 0. The number of pyridine rings is 3. The first kappa shape index (κ1) is 22.5. The third-order valence-electron chi connectivity index (χ3n) is 6.79. The molecule has 0 radical (unpaired) electrons. The molecule has 7 rings (SSSR count). The van der Waals surface area contributed by atoms with Gasteiger partial charge in [0.25, 0.3) is 0 Å². The number of hydrogen-bond acceptors (Lipinski definition) is 7. The lowest BCUT2D eigenvalue weighted by molar-refractivity contribution is 0.162. The fraction of sp³-hybridized carbons (Fsp3) is 0.179. The summed E-state index contributed by atoms with van der Waals surface area (Å²) in [5.41, 5.74) is 6.02. The van der Waals surface area contributed by atoms with Crippen LogP contribution < -0.4 is 10.1 Å². The molecule has 0 saturated carbocycles. The van der Waals surface area contributed by atoms with Crippen LogP contribution in [0.4, 0.5) is 4.39 Å². The van der Waals surface area contributed by atoms with Gasteiger partial charge in [-0.2, -0.15) is 5.10 Å². The van der Waals surface area contributed by atoms with Crippen LogP contribution in [0.25, 0.3) is 56.0 Å². The van der Waals surface area contributed by atoms with E-state index in [9.17, 15) is 4.39 Å². The second-order valence-electron chi connectivity index (χ2n) is 9.31. The first-order valence-electron chi connectivity index (χ1n) is 12.5. The van der Waals surface area contributed by atoms with Crippen LogP contribution in [0, 0.1) is 5.82 Å². The van der Waals surface area contributed by atoms with E-state index < -0.39 is 0 Å². The Morgan fingerprint density at radius 3 is 2.61 bits per heavy atom. The van der Waals surface area contributed by atoms with Crippen molar-refractivity contribution in [1.29, 1.82) is 0 Å². The van der Waals surface area contributed by atoms with E-state index >= 15 is 0 Å². The highest BCUT2D eigenvalue weighted by Gasteiger charge is 2.18. The minimum atomic E-state index is -0.297. The molecule has 0 bridgehead atoms. The van der Waals surface area contributed by atoms with Crippen LogP contribution >= 0.6 is 0 Å². The van der Waals surface area contributed by atoms with Gasteiger partial charge in [0.05, 0.1) is 34.8 Å². The molecule has 5 aromatic heterocycles. The number of piperidine rings is 1. The number of hydrogen-bond donors (Lipinski definition) is 3. The molecule has 0 amide bonds. The molecule has 6 heterocycles. The Kier molecular flexibility index (Phi) is 5.51. The van der Waals surface area contributed by atoms with Crippen molar-refractivity contribution in [2.75, 3.05) is 13.1 Å². The summed E-state index contributed by atoms with van der Waals surface area (Å²) in [5.74, 6) is 1.04. The molecule has 6 aromatic rings. The smallest absolute Gasteiger partial charge is 0.159 e. The Balaban J connectivity index is 1.25. The standard InChI is InChI=1S/C28H23FN8O/c29-18-3-1-16(2-4-18)25-27-22(7-10-32-25)34-28(35-27)26-21-12-23(33-15-24(21)36-37-26)17-11-20(14-31-13-17)38-19-5-8-30-9-6-19/h1-4,7,10-15,19,30H,5-6,8-9H2,(H,34,35)(H,36,37). The van der Waals surface area contributed by atoms with Crippen molar-refractivity contribution in [3.05, 3.63) is 73.1 Å². The van der Waals surface area contributed by atoms with E-state index in [1.165, 1.54) is 12.1 Å². The van der Waals surface area contributed by atoms with Crippen LogP contribution in [-0.4, -0.2) is 54.3 Å². The lowest BCUT2D eigenvalue weighted by Crippen LogP contribution is -2.34. The normalized spacial score (nSPS) is 14.3. The third kappa shape index (κ3) is 4.14. The fourth-order valence-corrected chi connectivity index (χ4v) is 4.85. The predicted molar refractivity (Wildman–Crippen MR) is 142 cm³/mol. The quantitative estimate of drug-likeness (QED) is 0.305. The number of aromatic nitrogens is 7. The van der Waals surface area contributed by atoms with Gasteiger partial charge in [-0.1, -0.05) is 0 Å². The molecular weight excluding hydrogens is 483 g/mol. The van der Waals surface area contributed by atoms with Crippen LogP contribution in [0.5, 0.6) is 5.75 Å². The van der Waals surface area contributed by atoms with Crippen molar-refractivity contribution in [1.82, 2.24) is 40.4 Å². The molecule has 1 aromatic carbocycles. The van der Waals surface area contributed by atoms with Gasteiger partial charge in [-0.3, -0.25) is 20.1 Å². The summed E-state index contributed by atoms with van der Waals surface area (Å²) in [6.07, 6.45) is 9.13. The summed E-state index contributed by atoms with van der Waals surface area (Å²) in [4.78, 5) is 21.7. The number of nitrogens with one attached hydrogen (secondary N) is 3. The van der Waals surface area contributed by atoms with E-state index in [1.807, 2.05) is 18.2 Å². The molecule has 1 aliphatic heterocycles. The molecule has 0 atom stereocenters. The number of ether oxygens (including phenoxy) is 1. The molecule has 0 aliphatic carbocycles. The lowest BCUT2D eigenvalue weighted by Gasteiger charge is -2.23. The Morgan fingerprint density at radius 2 is 1.74 bits per heavy atom. The van der Waals surface area contributed by atoms with Gasteiger partial charge in [0.15, 0.2) is 5.82 Å². The van der Waals surface area contributed by atoms with Crippen LogP contribution in [0.1, 0.15) is 12.8 Å². The minimum absolute atomic E-state index is 0.187. The first-order chi connectivity index (χ1) is 18.7. The van der Waals surface area contributed by atoms with Gasteiger partial charge < -0.3 is 15.0 Å². The second-order valence-corrected chi connectivity index (χ2v) is 9.31. The molecule has 38 heavy (non-hydrogen) atoms. The third-order valence-corrected chi connectivity index (χ3v) is 6.79. The van der Waals surface area contributed by atoms with E-state index in [4.69, 9.17) is 9.72 Å². The molecule has 1 aliphatic rings. The van der Waals surface area contributed by atoms with Crippen LogP contribution in [0.3, 0.4) is 0 Å². The zero-order chi connectivity index (χ0) is 25.5. The number of aromatic amines is 2. The number of fused-ring (bicyclic) bond motifs is 2. The highest BCUT2D eigenvalue weighted by atomic mass is 19.1. The number of H-pyrrole nitrogens is 2. The monoisotopic (exact) mass is 506 g/mol. The van der Waals surface area contributed by atoms with Gasteiger partial charge in [-0.05, 0) is 68.4 Å². The topological polar surface area (TPSA) is 117 Å². The molecule has 1 saturated heterocycles. The van der Waals surface area contributed by atoms with Crippen molar-refractivity contribution < 1.29 is 9.13 Å². The Labute approximate surface area is 216 Å². The van der Waals surface area contributed by atoms with Crippen molar-refractivity contribution in [3.63, 3.8) is 0 Å². The van der Waals surface area contributed by atoms with Gasteiger partial charge in [0.2, 0.25) is 0 Å². The van der Waals surface area contributed by atoms with Crippen LogP contribution in [0.2, 0.25) is 0 Å². The summed E-state index contributed by atoms with van der Waals surface area (Å²) in [5, 5.41) is 11.8. The van der Waals surface area contributed by atoms with E-state index in [2.05, 4.69) is 35.5 Å². The maximum Gasteiger partial charge on any atom is 0.159 e. The van der Waals surface area contributed by atoms with E-state index in [0.29, 0.717) is 22.7 Å². The summed E-state index contributed by atoms with van der Waals surface area (Å²) >= 11 is 0. The highest BCUT2D eigenvalue weighted by Crippen LogP contribution is 2.32. The zero-order valence-corrected chi connectivity index (χ0v) is 20.3. The van der Waals surface area contributed by atoms with Gasteiger partial charge in [-0.25, -0.2) is 9.37 Å². The molecule has 0 spiro atoms. The molecule has 0 unspecified atom stereocenters. The Hall–Kier alpha value is -4.70. The van der Waals surface area contributed by atoms with Gasteiger partial charge >= 0.3 is 0 Å². The zero-order valence-electron chi connectivity index (χ0n) is 20.3. The number of benzene rings is 1. The second kappa shape index (κ2) is 9.31. The van der Waals surface area contributed by atoms with E-state index in [1.54, 1.807) is 36.9 Å². The lowest BCUT2D eigenvalue weighted by atomic mass is 10.1. The summed E-state index contributed by atoms with van der Waals surface area (Å²) in [6.45, 7) is 1.92.